The summed E-state index contributed by atoms with van der Waals surface area (Å²) in [6, 6.07) is 19.7. The quantitative estimate of drug-likeness (QED) is 0.220. The van der Waals surface area contributed by atoms with Crippen molar-refractivity contribution >= 4 is 78.9 Å². The van der Waals surface area contributed by atoms with Crippen molar-refractivity contribution in [3.8, 4) is 5.75 Å². The van der Waals surface area contributed by atoms with Gasteiger partial charge in [-0.2, -0.15) is 0 Å². The van der Waals surface area contributed by atoms with E-state index in [2.05, 4.69) is 34.8 Å². The number of aromatic amines is 1. The molecule has 1 saturated heterocycles. The molecule has 3 aromatic carbocycles. The van der Waals surface area contributed by atoms with Crippen molar-refractivity contribution in [2.24, 2.45) is 0 Å². The smallest absolute Gasteiger partial charge is 0.261 e. The van der Waals surface area contributed by atoms with E-state index in [1.54, 1.807) is 49.8 Å². The molecule has 42 heavy (non-hydrogen) atoms. The molecule has 10 nitrogen and oxygen atoms in total. The highest BCUT2D eigenvalue weighted by Crippen LogP contribution is 2.33. The van der Waals surface area contributed by atoms with Crippen LogP contribution in [0.4, 0.5) is 17.2 Å². The monoisotopic (exact) mass is 623 g/mol. The van der Waals surface area contributed by atoms with Gasteiger partial charge in [0.1, 0.15) is 23.5 Å². The van der Waals surface area contributed by atoms with Crippen LogP contribution in [0.15, 0.2) is 78.0 Å². The largest absolute Gasteiger partial charge is 0.497 e. The SMILES string of the molecule is COc1ccc2c(c1)[nH]c1ncnc(N3CCN(C(=S)Nc4ccc(S(=O)(=O)Nc5ccc(C)cc5)cc4)CC3)c12.Cl. The van der Waals surface area contributed by atoms with E-state index in [0.29, 0.717) is 23.9 Å². The highest BCUT2D eigenvalue weighted by molar-refractivity contribution is 7.92. The average Bonchev–Trinajstić information content (AvgIpc) is 3.36. The van der Waals surface area contributed by atoms with Crippen LogP contribution in [0.5, 0.6) is 5.75 Å². The molecular weight excluding hydrogens is 594 g/mol. The second kappa shape index (κ2) is 12.0. The summed E-state index contributed by atoms with van der Waals surface area (Å²) in [5.41, 5.74) is 4.04. The maximum atomic E-state index is 12.8. The predicted molar refractivity (Wildman–Crippen MR) is 174 cm³/mol. The van der Waals surface area contributed by atoms with Crippen LogP contribution in [0.25, 0.3) is 21.9 Å². The van der Waals surface area contributed by atoms with Crippen LogP contribution >= 0.6 is 24.6 Å². The number of ether oxygens (including phenoxy) is 1. The van der Waals surface area contributed by atoms with Gasteiger partial charge in [0, 0.05) is 49.0 Å². The Labute approximate surface area is 255 Å². The first-order chi connectivity index (χ1) is 19.8. The van der Waals surface area contributed by atoms with Crippen LogP contribution in [0.2, 0.25) is 0 Å². The highest BCUT2D eigenvalue weighted by Gasteiger charge is 2.23. The number of hydrogen-bond acceptors (Lipinski definition) is 7. The van der Waals surface area contributed by atoms with Crippen LogP contribution in [0.1, 0.15) is 5.56 Å². The van der Waals surface area contributed by atoms with E-state index in [4.69, 9.17) is 17.0 Å². The summed E-state index contributed by atoms with van der Waals surface area (Å²) in [4.78, 5) is 17.0. The van der Waals surface area contributed by atoms with Gasteiger partial charge in [-0.25, -0.2) is 18.4 Å². The van der Waals surface area contributed by atoms with Crippen molar-refractivity contribution in [2.45, 2.75) is 11.8 Å². The molecule has 13 heteroatoms. The molecule has 0 aliphatic carbocycles. The molecule has 5 aromatic rings. The van der Waals surface area contributed by atoms with Gasteiger partial charge in [0.25, 0.3) is 10.0 Å². The summed E-state index contributed by atoms with van der Waals surface area (Å²) in [6.45, 7) is 4.84. The Morgan fingerprint density at radius 2 is 1.64 bits per heavy atom. The molecule has 0 atom stereocenters. The number of thiocarbonyl (C=S) groups is 1. The molecule has 1 aliphatic heterocycles. The lowest BCUT2D eigenvalue weighted by Crippen LogP contribution is -2.50. The third-order valence-electron chi connectivity index (χ3n) is 7.16. The van der Waals surface area contributed by atoms with Crippen molar-refractivity contribution < 1.29 is 13.2 Å². The Morgan fingerprint density at radius 1 is 0.952 bits per heavy atom. The average molecular weight is 624 g/mol. The Bertz CT molecular complexity index is 1840. The number of methoxy groups -OCH3 is 1. The summed E-state index contributed by atoms with van der Waals surface area (Å²) < 4.78 is 33.6. The van der Waals surface area contributed by atoms with Crippen LogP contribution in [-0.2, 0) is 10.0 Å². The van der Waals surface area contributed by atoms with Crippen LogP contribution < -0.4 is 19.7 Å². The normalized spacial score (nSPS) is 13.6. The molecule has 1 aliphatic rings. The number of aromatic nitrogens is 3. The number of benzene rings is 3. The molecule has 3 N–H and O–H groups in total. The lowest BCUT2D eigenvalue weighted by molar-refractivity contribution is 0.390. The summed E-state index contributed by atoms with van der Waals surface area (Å²) in [7, 11) is -2.05. The predicted octanol–water partition coefficient (Wildman–Crippen LogP) is 5.17. The van der Waals surface area contributed by atoms with Gasteiger partial charge in [0.15, 0.2) is 5.11 Å². The molecule has 1 fully saturated rings. The van der Waals surface area contributed by atoms with Gasteiger partial charge in [-0.05, 0) is 67.7 Å². The number of halogens is 1. The maximum Gasteiger partial charge on any atom is 0.261 e. The topological polar surface area (TPSA) is 115 Å². The number of piperazine rings is 1. The lowest BCUT2D eigenvalue weighted by Gasteiger charge is -2.37. The molecule has 218 valence electrons. The minimum Gasteiger partial charge on any atom is -0.497 e. The Morgan fingerprint density at radius 3 is 2.33 bits per heavy atom. The van der Waals surface area contributed by atoms with Gasteiger partial charge in [0.2, 0.25) is 0 Å². The lowest BCUT2D eigenvalue weighted by atomic mass is 10.2. The maximum absolute atomic E-state index is 12.8. The highest BCUT2D eigenvalue weighted by atomic mass is 35.5. The number of hydrogen-bond donors (Lipinski definition) is 3. The number of H-pyrrole nitrogens is 1. The summed E-state index contributed by atoms with van der Waals surface area (Å²) in [6.07, 6.45) is 1.59. The zero-order chi connectivity index (χ0) is 28.6. The number of nitrogens with one attached hydrogen (secondary N) is 3. The fourth-order valence-corrected chi connectivity index (χ4v) is 6.29. The van der Waals surface area contributed by atoms with E-state index >= 15 is 0 Å². The fraction of sp³-hybridized carbons (Fsp3) is 0.207. The minimum absolute atomic E-state index is 0. The van der Waals surface area contributed by atoms with E-state index in [1.165, 1.54) is 0 Å². The van der Waals surface area contributed by atoms with Gasteiger partial charge in [-0.1, -0.05) is 17.7 Å². The number of rotatable bonds is 6. The molecule has 0 radical (unpaired) electrons. The van der Waals surface area contributed by atoms with Crippen molar-refractivity contribution in [3.63, 3.8) is 0 Å². The molecule has 0 bridgehead atoms. The number of sulfonamides is 1. The zero-order valence-electron chi connectivity index (χ0n) is 23.0. The van der Waals surface area contributed by atoms with E-state index < -0.39 is 10.0 Å². The first-order valence-corrected chi connectivity index (χ1v) is 15.0. The van der Waals surface area contributed by atoms with E-state index in [9.17, 15) is 8.42 Å². The van der Waals surface area contributed by atoms with Gasteiger partial charge in [-0.15, -0.1) is 12.4 Å². The van der Waals surface area contributed by atoms with Gasteiger partial charge in [0.05, 0.1) is 22.9 Å². The molecule has 2 aromatic heterocycles. The molecule has 6 rings (SSSR count). The fourth-order valence-electron chi connectivity index (χ4n) is 4.94. The number of fused-ring (bicyclic) bond motifs is 3. The Kier molecular flexibility index (Phi) is 8.39. The van der Waals surface area contributed by atoms with Gasteiger partial charge in [-0.3, -0.25) is 4.72 Å². The van der Waals surface area contributed by atoms with Crippen LogP contribution in [0.3, 0.4) is 0 Å². The molecule has 0 amide bonds. The first kappa shape index (κ1) is 29.4. The molecular formula is C29H30ClN7O3S2. The van der Waals surface area contributed by atoms with Crippen LogP contribution in [0, 0.1) is 6.92 Å². The van der Waals surface area contributed by atoms with Gasteiger partial charge >= 0.3 is 0 Å². The van der Waals surface area contributed by atoms with Crippen molar-refractivity contribution in [2.75, 3.05) is 48.2 Å². The second-order valence-corrected chi connectivity index (χ2v) is 11.9. The Hall–Kier alpha value is -4.13. The van der Waals surface area contributed by atoms with Crippen molar-refractivity contribution in [3.05, 3.63) is 78.6 Å². The number of anilines is 3. The summed E-state index contributed by atoms with van der Waals surface area (Å²) in [5, 5.41) is 5.87. The van der Waals surface area contributed by atoms with E-state index in [1.807, 2.05) is 37.3 Å². The van der Waals surface area contributed by atoms with E-state index in [0.717, 1.165) is 57.8 Å². The minimum atomic E-state index is -3.70. The Balaban J connectivity index is 0.00000353. The third-order valence-corrected chi connectivity index (χ3v) is 8.92. The van der Waals surface area contributed by atoms with Crippen molar-refractivity contribution in [1.82, 2.24) is 19.9 Å². The number of nitrogens with zero attached hydrogens (tertiary/aromatic N) is 4. The zero-order valence-corrected chi connectivity index (χ0v) is 25.4. The molecule has 0 saturated carbocycles. The molecule has 3 heterocycles. The summed E-state index contributed by atoms with van der Waals surface area (Å²) in [5.74, 6) is 1.67. The van der Waals surface area contributed by atoms with Gasteiger partial charge < -0.3 is 24.8 Å². The van der Waals surface area contributed by atoms with Crippen molar-refractivity contribution in [1.29, 1.82) is 0 Å². The first-order valence-electron chi connectivity index (χ1n) is 13.1. The summed E-state index contributed by atoms with van der Waals surface area (Å²) >= 11 is 5.69. The standard InChI is InChI=1S/C29H29N7O3S2.ClH/c1-19-3-5-21(6-4-19)34-41(37,38)23-10-7-20(8-11-23)32-29(40)36-15-13-35(14-16-36)28-26-24-12-9-22(39-2)17-25(24)33-27(26)30-18-31-28;/h3-12,17-18,34H,13-16H2,1-2H3,(H,32,40)(H,30,31,33);1H. The number of aryl methyl sites for hydroxylation is 1. The molecule has 0 unspecified atom stereocenters. The second-order valence-electron chi connectivity index (χ2n) is 9.86. The van der Waals surface area contributed by atoms with Crippen LogP contribution in [-0.4, -0.2) is 66.7 Å². The molecule has 0 spiro atoms. The third kappa shape index (κ3) is 5.91. The van der Waals surface area contributed by atoms with E-state index in [-0.39, 0.29) is 17.3 Å².